The molecule has 1 atom stereocenters. The summed E-state index contributed by atoms with van der Waals surface area (Å²) in [6.07, 6.45) is 6.78. The average Bonchev–Trinajstić information content (AvgIpc) is 2.83. The lowest BCUT2D eigenvalue weighted by Gasteiger charge is -2.33. The van der Waals surface area contributed by atoms with Crippen molar-refractivity contribution in [1.29, 1.82) is 0 Å². The van der Waals surface area contributed by atoms with Crippen molar-refractivity contribution in [2.75, 3.05) is 23.7 Å². The number of hydrogen-bond donors (Lipinski definition) is 1. The van der Waals surface area contributed by atoms with Crippen molar-refractivity contribution in [2.24, 2.45) is 0 Å². The van der Waals surface area contributed by atoms with Gasteiger partial charge in [0.05, 0.1) is 17.0 Å². The SMILES string of the molecule is C[C@@H](C(=O)NC1CCCCC1)N(CCc1ccccc1)C(=O)CN(c1ccccc1Cl)S(C)(=O)=O. The Morgan fingerprint density at radius 2 is 1.66 bits per heavy atom. The van der Waals surface area contributed by atoms with Crippen LogP contribution in [0.1, 0.15) is 44.6 Å². The van der Waals surface area contributed by atoms with Gasteiger partial charge in [0, 0.05) is 12.6 Å². The number of sulfonamides is 1. The number of carbonyl (C=O) groups excluding carboxylic acids is 2. The van der Waals surface area contributed by atoms with Crippen molar-refractivity contribution in [3.8, 4) is 0 Å². The topological polar surface area (TPSA) is 86.8 Å². The van der Waals surface area contributed by atoms with Crippen LogP contribution in [-0.4, -0.2) is 56.6 Å². The zero-order valence-corrected chi connectivity index (χ0v) is 21.9. The lowest BCUT2D eigenvalue weighted by molar-refractivity contribution is -0.139. The second-order valence-corrected chi connectivity index (χ2v) is 11.4. The third-order valence-corrected chi connectivity index (χ3v) is 7.85. The Bertz CT molecular complexity index is 1100. The molecule has 1 N–H and O–H groups in total. The predicted molar refractivity (Wildman–Crippen MR) is 140 cm³/mol. The van der Waals surface area contributed by atoms with E-state index in [1.54, 1.807) is 31.2 Å². The van der Waals surface area contributed by atoms with Crippen LogP contribution in [0.2, 0.25) is 5.02 Å². The van der Waals surface area contributed by atoms with Crippen molar-refractivity contribution < 1.29 is 18.0 Å². The number of anilines is 1. The smallest absolute Gasteiger partial charge is 0.244 e. The number of hydrogen-bond acceptors (Lipinski definition) is 4. The number of amides is 2. The zero-order chi connectivity index (χ0) is 25.4. The summed E-state index contributed by atoms with van der Waals surface area (Å²) in [5.74, 6) is -0.681. The largest absolute Gasteiger partial charge is 0.352 e. The average molecular weight is 520 g/mol. The first-order valence-electron chi connectivity index (χ1n) is 12.0. The van der Waals surface area contributed by atoms with E-state index in [2.05, 4.69) is 5.32 Å². The fourth-order valence-electron chi connectivity index (χ4n) is 4.39. The number of nitrogens with zero attached hydrogens (tertiary/aromatic N) is 2. The Hall–Kier alpha value is -2.58. The van der Waals surface area contributed by atoms with Gasteiger partial charge in [-0.25, -0.2) is 8.42 Å². The first-order chi connectivity index (χ1) is 16.7. The lowest BCUT2D eigenvalue weighted by Crippen LogP contribution is -2.53. The van der Waals surface area contributed by atoms with Gasteiger partial charge in [-0.15, -0.1) is 0 Å². The van der Waals surface area contributed by atoms with Crippen LogP contribution in [0.15, 0.2) is 54.6 Å². The molecule has 190 valence electrons. The third kappa shape index (κ3) is 7.70. The summed E-state index contributed by atoms with van der Waals surface area (Å²) in [7, 11) is -3.80. The molecule has 0 unspecified atom stereocenters. The monoisotopic (exact) mass is 519 g/mol. The van der Waals surface area contributed by atoms with Crippen LogP contribution in [0.4, 0.5) is 5.69 Å². The molecule has 2 aromatic rings. The molecule has 35 heavy (non-hydrogen) atoms. The van der Waals surface area contributed by atoms with Gasteiger partial charge >= 0.3 is 0 Å². The normalized spacial score (nSPS) is 15.3. The molecular weight excluding hydrogens is 486 g/mol. The molecule has 0 heterocycles. The van der Waals surface area contributed by atoms with Crippen LogP contribution in [-0.2, 0) is 26.0 Å². The fourth-order valence-corrected chi connectivity index (χ4v) is 5.54. The standard InChI is InChI=1S/C26H34ClN3O4S/c1-20(26(32)28-22-13-7-4-8-14-22)29(18-17-21-11-5-3-6-12-21)25(31)19-30(35(2,33)34)24-16-10-9-15-23(24)27/h3,5-6,9-12,15-16,20,22H,4,7-8,13-14,17-19H2,1-2H3,(H,28,32)/t20-/m0/s1. The minimum Gasteiger partial charge on any atom is -0.352 e. The van der Waals surface area contributed by atoms with E-state index in [1.807, 2.05) is 30.3 Å². The number of para-hydroxylation sites is 1. The summed E-state index contributed by atoms with van der Waals surface area (Å²) in [5.41, 5.74) is 1.25. The minimum absolute atomic E-state index is 0.111. The second kappa shape index (κ2) is 12.4. The van der Waals surface area contributed by atoms with E-state index in [9.17, 15) is 18.0 Å². The Labute approximate surface area is 213 Å². The maximum Gasteiger partial charge on any atom is 0.244 e. The first kappa shape index (κ1) is 27.0. The van der Waals surface area contributed by atoms with E-state index >= 15 is 0 Å². The van der Waals surface area contributed by atoms with Crippen molar-refractivity contribution in [1.82, 2.24) is 10.2 Å². The summed E-state index contributed by atoms with van der Waals surface area (Å²) in [5, 5.41) is 3.32. The molecule has 7 nitrogen and oxygen atoms in total. The highest BCUT2D eigenvalue weighted by Gasteiger charge is 2.31. The number of nitrogens with one attached hydrogen (secondary N) is 1. The highest BCUT2D eigenvalue weighted by Crippen LogP contribution is 2.27. The molecule has 0 bridgehead atoms. The van der Waals surface area contributed by atoms with E-state index < -0.39 is 28.5 Å². The highest BCUT2D eigenvalue weighted by atomic mass is 35.5. The molecule has 1 saturated carbocycles. The van der Waals surface area contributed by atoms with Gasteiger partial charge in [0.15, 0.2) is 0 Å². The Kier molecular flexibility index (Phi) is 9.57. The number of rotatable bonds is 10. The van der Waals surface area contributed by atoms with Crippen LogP contribution in [0.25, 0.3) is 0 Å². The minimum atomic E-state index is -3.80. The molecular formula is C26H34ClN3O4S. The zero-order valence-electron chi connectivity index (χ0n) is 20.3. The summed E-state index contributed by atoms with van der Waals surface area (Å²) in [4.78, 5) is 28.1. The van der Waals surface area contributed by atoms with Crippen molar-refractivity contribution in [2.45, 2.75) is 57.5 Å². The molecule has 1 fully saturated rings. The van der Waals surface area contributed by atoms with Crippen LogP contribution in [0.3, 0.4) is 0 Å². The second-order valence-electron chi connectivity index (χ2n) is 9.06. The molecule has 0 saturated heterocycles. The van der Waals surface area contributed by atoms with Gasteiger partial charge in [0.2, 0.25) is 21.8 Å². The summed E-state index contributed by atoms with van der Waals surface area (Å²) in [6.45, 7) is 1.53. The van der Waals surface area contributed by atoms with Gasteiger partial charge in [-0.1, -0.05) is 73.3 Å². The molecule has 9 heteroatoms. The molecule has 0 radical (unpaired) electrons. The van der Waals surface area contributed by atoms with Crippen molar-refractivity contribution in [3.63, 3.8) is 0 Å². The van der Waals surface area contributed by atoms with Crippen LogP contribution < -0.4 is 9.62 Å². The predicted octanol–water partition coefficient (Wildman–Crippen LogP) is 4.01. The van der Waals surface area contributed by atoms with Crippen LogP contribution >= 0.6 is 11.6 Å². The van der Waals surface area contributed by atoms with E-state index in [1.165, 1.54) is 11.3 Å². The van der Waals surface area contributed by atoms with Gasteiger partial charge < -0.3 is 10.2 Å². The van der Waals surface area contributed by atoms with Gasteiger partial charge in [-0.2, -0.15) is 0 Å². The lowest BCUT2D eigenvalue weighted by atomic mass is 9.95. The molecule has 2 amide bonds. The van der Waals surface area contributed by atoms with Crippen molar-refractivity contribution >= 4 is 39.1 Å². The van der Waals surface area contributed by atoms with Crippen molar-refractivity contribution in [3.05, 3.63) is 65.2 Å². The molecule has 0 spiro atoms. The van der Waals surface area contributed by atoms with Gasteiger partial charge in [-0.3, -0.25) is 13.9 Å². The van der Waals surface area contributed by atoms with Gasteiger partial charge in [0.25, 0.3) is 0 Å². The molecule has 1 aliphatic rings. The summed E-state index contributed by atoms with van der Waals surface area (Å²) >= 11 is 6.26. The molecule has 1 aliphatic carbocycles. The molecule has 0 aliphatic heterocycles. The maximum absolute atomic E-state index is 13.5. The third-order valence-electron chi connectivity index (χ3n) is 6.40. The summed E-state index contributed by atoms with van der Waals surface area (Å²) in [6, 6.07) is 15.5. The Balaban J connectivity index is 1.82. The Morgan fingerprint density at radius 3 is 2.29 bits per heavy atom. The summed E-state index contributed by atoms with van der Waals surface area (Å²) < 4.78 is 26.2. The first-order valence-corrected chi connectivity index (χ1v) is 14.3. The highest BCUT2D eigenvalue weighted by molar-refractivity contribution is 7.92. The van der Waals surface area contributed by atoms with E-state index in [0.29, 0.717) is 6.42 Å². The maximum atomic E-state index is 13.5. The van der Waals surface area contributed by atoms with E-state index in [0.717, 1.165) is 41.8 Å². The quantitative estimate of drug-likeness (QED) is 0.513. The fraction of sp³-hybridized carbons (Fsp3) is 0.462. The van der Waals surface area contributed by atoms with Gasteiger partial charge in [-0.05, 0) is 43.9 Å². The number of carbonyl (C=O) groups is 2. The Morgan fingerprint density at radius 1 is 1.03 bits per heavy atom. The number of halogens is 1. The molecule has 0 aromatic heterocycles. The van der Waals surface area contributed by atoms with E-state index in [-0.39, 0.29) is 29.2 Å². The van der Waals surface area contributed by atoms with Crippen LogP contribution in [0, 0.1) is 0 Å². The number of benzene rings is 2. The molecule has 2 aromatic carbocycles. The van der Waals surface area contributed by atoms with Gasteiger partial charge in [0.1, 0.15) is 12.6 Å². The van der Waals surface area contributed by atoms with E-state index in [4.69, 9.17) is 11.6 Å². The molecule has 3 rings (SSSR count). The van der Waals surface area contributed by atoms with Crippen LogP contribution in [0.5, 0.6) is 0 Å².